The Labute approximate surface area is 139 Å². The summed E-state index contributed by atoms with van der Waals surface area (Å²) in [5.41, 5.74) is 0.756. The number of nitrogens with one attached hydrogen (secondary N) is 1. The van der Waals surface area contributed by atoms with Gasteiger partial charge in [-0.3, -0.25) is 4.79 Å². The van der Waals surface area contributed by atoms with Crippen LogP contribution in [0.4, 0.5) is 0 Å². The van der Waals surface area contributed by atoms with Crippen LogP contribution >= 0.6 is 27.7 Å². The molecule has 0 fully saturated rings. The van der Waals surface area contributed by atoms with Crippen molar-refractivity contribution in [2.24, 2.45) is 0 Å². The highest BCUT2D eigenvalue weighted by Crippen LogP contribution is 2.31. The lowest BCUT2D eigenvalue weighted by Crippen LogP contribution is -2.14. The summed E-state index contributed by atoms with van der Waals surface area (Å²) in [4.78, 5) is 19.0. The maximum atomic E-state index is 12.0. The lowest BCUT2D eigenvalue weighted by atomic mass is 10.0. The summed E-state index contributed by atoms with van der Waals surface area (Å²) in [6.45, 7) is 0. The van der Waals surface area contributed by atoms with Crippen molar-refractivity contribution < 1.29 is 0 Å². The lowest BCUT2D eigenvalue weighted by Gasteiger charge is -2.08. The average Bonchev–Trinajstić information content (AvgIpc) is 2.54. The third-order valence-electron chi connectivity index (χ3n) is 3.29. The van der Waals surface area contributed by atoms with Crippen LogP contribution in [0.25, 0.3) is 22.0 Å². The van der Waals surface area contributed by atoms with E-state index < -0.39 is 5.56 Å². The molecule has 0 radical (unpaired) electrons. The number of benzene rings is 2. The molecule has 4 nitrogen and oxygen atoms in total. The number of halogens is 1. The molecule has 0 amide bonds. The second kappa shape index (κ2) is 5.95. The fourth-order valence-electron chi connectivity index (χ4n) is 2.26. The predicted molar refractivity (Wildman–Crippen MR) is 92.0 cm³/mol. The molecule has 1 N–H and O–H groups in total. The number of thioether (sulfide) groups is 1. The van der Waals surface area contributed by atoms with Crippen molar-refractivity contribution in [3.05, 3.63) is 56.8 Å². The number of aromatic nitrogens is 2. The molecular weight excluding hydrogens is 362 g/mol. The molecule has 0 aliphatic carbocycles. The van der Waals surface area contributed by atoms with E-state index in [1.165, 1.54) is 11.8 Å². The minimum absolute atomic E-state index is 0.0278. The summed E-state index contributed by atoms with van der Waals surface area (Å²) in [6.07, 6.45) is 1.82. The van der Waals surface area contributed by atoms with E-state index in [-0.39, 0.29) is 5.56 Å². The highest BCUT2D eigenvalue weighted by molar-refractivity contribution is 9.10. The predicted octanol–water partition coefficient (Wildman–Crippen LogP) is 3.95. The van der Waals surface area contributed by atoms with Gasteiger partial charge in [0.25, 0.3) is 5.56 Å². The van der Waals surface area contributed by atoms with Crippen LogP contribution in [0.3, 0.4) is 0 Å². The highest BCUT2D eigenvalue weighted by atomic mass is 79.9. The zero-order chi connectivity index (χ0) is 15.7. The fraction of sp³-hybridized carbons (Fsp3) is 0.0625. The van der Waals surface area contributed by atoms with Gasteiger partial charge in [-0.15, -0.1) is 0 Å². The molecular formula is C16H10BrN3OS. The number of rotatable bonds is 2. The van der Waals surface area contributed by atoms with Gasteiger partial charge in [0.2, 0.25) is 0 Å². The highest BCUT2D eigenvalue weighted by Gasteiger charge is 2.14. The maximum Gasteiger partial charge on any atom is 0.270 e. The van der Waals surface area contributed by atoms with E-state index in [9.17, 15) is 10.1 Å². The van der Waals surface area contributed by atoms with Crippen molar-refractivity contribution in [2.45, 2.75) is 5.16 Å². The van der Waals surface area contributed by atoms with Gasteiger partial charge in [-0.1, -0.05) is 52.0 Å². The minimum atomic E-state index is -0.416. The minimum Gasteiger partial charge on any atom is -0.300 e. The fourth-order valence-corrected chi connectivity index (χ4v) is 3.25. The number of H-pyrrole nitrogens is 1. The average molecular weight is 372 g/mol. The number of hydrogen-bond acceptors (Lipinski definition) is 4. The van der Waals surface area contributed by atoms with E-state index in [0.29, 0.717) is 10.9 Å². The number of nitrogens with zero attached hydrogens (tertiary/aromatic N) is 2. The SMILES string of the molecule is CSc1nc(-c2cc(Br)c3ccccc3c2)c(C#N)c(=O)[nH]1. The van der Waals surface area contributed by atoms with E-state index >= 15 is 0 Å². The van der Waals surface area contributed by atoms with Gasteiger partial charge < -0.3 is 4.98 Å². The largest absolute Gasteiger partial charge is 0.300 e. The molecule has 0 saturated carbocycles. The van der Waals surface area contributed by atoms with Crippen LogP contribution < -0.4 is 5.56 Å². The molecule has 22 heavy (non-hydrogen) atoms. The van der Waals surface area contributed by atoms with E-state index in [1.54, 1.807) is 0 Å². The van der Waals surface area contributed by atoms with Crippen molar-refractivity contribution in [2.75, 3.05) is 6.26 Å². The molecule has 0 aliphatic heterocycles. The van der Waals surface area contributed by atoms with Crippen LogP contribution in [-0.2, 0) is 0 Å². The Kier molecular flexibility index (Phi) is 4.01. The molecule has 3 rings (SSSR count). The third kappa shape index (κ3) is 2.54. The Balaban J connectivity index is 2.34. The zero-order valence-electron chi connectivity index (χ0n) is 11.6. The van der Waals surface area contributed by atoms with Gasteiger partial charge in [0.15, 0.2) is 5.16 Å². The normalized spacial score (nSPS) is 10.6. The Morgan fingerprint density at radius 1 is 1.32 bits per heavy atom. The van der Waals surface area contributed by atoms with Crippen LogP contribution in [0.2, 0.25) is 0 Å². The Morgan fingerprint density at radius 2 is 2.09 bits per heavy atom. The molecule has 1 aromatic heterocycles. The summed E-state index contributed by atoms with van der Waals surface area (Å²) < 4.78 is 0.900. The molecule has 0 aliphatic rings. The molecule has 0 unspecified atom stereocenters. The molecule has 0 spiro atoms. The number of fused-ring (bicyclic) bond motifs is 1. The van der Waals surface area contributed by atoms with Gasteiger partial charge in [-0.05, 0) is 29.2 Å². The summed E-state index contributed by atoms with van der Waals surface area (Å²) >= 11 is 4.87. The van der Waals surface area contributed by atoms with Crippen molar-refractivity contribution in [1.29, 1.82) is 5.26 Å². The van der Waals surface area contributed by atoms with Gasteiger partial charge in [0.1, 0.15) is 11.6 Å². The number of aromatic amines is 1. The Bertz CT molecular complexity index is 975. The summed E-state index contributed by atoms with van der Waals surface area (Å²) in [5, 5.41) is 11.9. The zero-order valence-corrected chi connectivity index (χ0v) is 14.0. The first kappa shape index (κ1) is 14.8. The van der Waals surface area contributed by atoms with Crippen molar-refractivity contribution >= 4 is 38.5 Å². The van der Waals surface area contributed by atoms with Gasteiger partial charge in [-0.2, -0.15) is 5.26 Å². The quantitative estimate of drug-likeness (QED) is 0.546. The summed E-state index contributed by atoms with van der Waals surface area (Å²) in [7, 11) is 0. The molecule has 0 bridgehead atoms. The first-order chi connectivity index (χ1) is 10.6. The number of hydrogen-bond donors (Lipinski definition) is 1. The van der Waals surface area contributed by atoms with Crippen molar-refractivity contribution in [3.8, 4) is 17.3 Å². The van der Waals surface area contributed by atoms with E-state index in [2.05, 4.69) is 25.9 Å². The summed E-state index contributed by atoms with van der Waals surface area (Å²) in [5.74, 6) is 0. The molecule has 0 atom stereocenters. The van der Waals surface area contributed by atoms with Gasteiger partial charge >= 0.3 is 0 Å². The molecule has 108 valence electrons. The third-order valence-corrected chi connectivity index (χ3v) is 4.52. The van der Waals surface area contributed by atoms with Crippen LogP contribution in [0, 0.1) is 11.3 Å². The first-order valence-corrected chi connectivity index (χ1v) is 8.43. The van der Waals surface area contributed by atoms with Crippen molar-refractivity contribution in [3.63, 3.8) is 0 Å². The molecule has 1 heterocycles. The topological polar surface area (TPSA) is 69.5 Å². The monoisotopic (exact) mass is 371 g/mol. The van der Waals surface area contributed by atoms with Crippen molar-refractivity contribution in [1.82, 2.24) is 9.97 Å². The van der Waals surface area contributed by atoms with Gasteiger partial charge in [0, 0.05) is 10.0 Å². The summed E-state index contributed by atoms with van der Waals surface area (Å²) in [6, 6.07) is 13.7. The van der Waals surface area contributed by atoms with Crippen LogP contribution in [0.15, 0.2) is 50.8 Å². The lowest BCUT2D eigenvalue weighted by molar-refractivity contribution is 0.938. The Hall–Kier alpha value is -2.10. The molecule has 0 saturated heterocycles. The Morgan fingerprint density at radius 3 is 2.82 bits per heavy atom. The van der Waals surface area contributed by atoms with E-state index in [4.69, 9.17) is 0 Å². The first-order valence-electron chi connectivity index (χ1n) is 6.41. The van der Waals surface area contributed by atoms with Crippen LogP contribution in [0.1, 0.15) is 5.56 Å². The number of nitriles is 1. The van der Waals surface area contributed by atoms with Crippen LogP contribution in [-0.4, -0.2) is 16.2 Å². The second-order valence-corrected chi connectivity index (χ2v) is 6.24. The molecule has 6 heteroatoms. The molecule has 2 aromatic carbocycles. The van der Waals surface area contributed by atoms with E-state index in [1.807, 2.05) is 48.7 Å². The van der Waals surface area contributed by atoms with Crippen LogP contribution in [0.5, 0.6) is 0 Å². The molecule has 3 aromatic rings. The van der Waals surface area contributed by atoms with E-state index in [0.717, 1.165) is 20.8 Å². The van der Waals surface area contributed by atoms with Gasteiger partial charge in [-0.25, -0.2) is 4.98 Å². The second-order valence-electron chi connectivity index (χ2n) is 4.59. The van der Waals surface area contributed by atoms with Gasteiger partial charge in [0.05, 0.1) is 5.69 Å². The maximum absolute atomic E-state index is 12.0. The smallest absolute Gasteiger partial charge is 0.270 e. The standard InChI is InChI=1S/C16H10BrN3OS/c1-22-16-19-14(12(8-18)15(21)20-16)10-6-9-4-2-3-5-11(9)13(17)7-10/h2-7H,1H3,(H,19,20,21).